The first-order chi connectivity index (χ1) is 6.56. The molecule has 2 N–H and O–H groups in total. The van der Waals surface area contributed by atoms with Crippen molar-refractivity contribution in [3.63, 3.8) is 0 Å². The lowest BCUT2D eigenvalue weighted by Gasteiger charge is -2.00. The van der Waals surface area contributed by atoms with Gasteiger partial charge in [0.05, 0.1) is 4.92 Å². The van der Waals surface area contributed by atoms with Gasteiger partial charge in [-0.3, -0.25) is 20.1 Å². The maximum Gasteiger partial charge on any atom is 0.274 e. The number of aryl methyl sites for hydroxylation is 1. The van der Waals surface area contributed by atoms with E-state index in [0.717, 1.165) is 6.07 Å². The van der Waals surface area contributed by atoms with Crippen molar-refractivity contribution in [3.8, 4) is 0 Å². The number of hydrogen-bond acceptors (Lipinski definition) is 4. The van der Waals surface area contributed by atoms with E-state index >= 15 is 0 Å². The summed E-state index contributed by atoms with van der Waals surface area (Å²) in [6.07, 6.45) is 0. The van der Waals surface area contributed by atoms with Crippen molar-refractivity contribution >= 4 is 11.6 Å². The molecule has 1 amide bonds. The maximum atomic E-state index is 10.9. The molecule has 0 unspecified atom stereocenters. The minimum Gasteiger partial charge on any atom is -0.288 e. The molecule has 0 atom stereocenters. The number of nitro groups is 1. The molecule has 0 spiro atoms. The Morgan fingerprint density at radius 3 is 2.71 bits per heavy atom. The van der Waals surface area contributed by atoms with Crippen LogP contribution < -0.4 is 5.48 Å². The van der Waals surface area contributed by atoms with Gasteiger partial charge in [0, 0.05) is 17.2 Å². The Hall–Kier alpha value is -1.95. The fraction of sp³-hybridized carbons (Fsp3) is 0.125. The summed E-state index contributed by atoms with van der Waals surface area (Å²) in [7, 11) is 0. The molecule has 6 nitrogen and oxygen atoms in total. The number of carbonyl (C=O) groups excluding carboxylic acids is 1. The van der Waals surface area contributed by atoms with Crippen LogP contribution in [0.5, 0.6) is 0 Å². The first kappa shape index (κ1) is 10.1. The second-order valence-electron chi connectivity index (χ2n) is 2.70. The van der Waals surface area contributed by atoms with Gasteiger partial charge in [0.25, 0.3) is 11.6 Å². The van der Waals surface area contributed by atoms with Crippen LogP contribution in [-0.4, -0.2) is 16.0 Å². The van der Waals surface area contributed by atoms with E-state index < -0.39 is 10.8 Å². The van der Waals surface area contributed by atoms with Crippen LogP contribution in [0.1, 0.15) is 15.9 Å². The lowest BCUT2D eigenvalue weighted by atomic mass is 10.1. The predicted molar refractivity (Wildman–Crippen MR) is 47.1 cm³/mol. The van der Waals surface area contributed by atoms with E-state index in [9.17, 15) is 14.9 Å². The summed E-state index contributed by atoms with van der Waals surface area (Å²) < 4.78 is 0. The lowest BCUT2D eigenvalue weighted by molar-refractivity contribution is -0.385. The SMILES string of the molecule is Cc1ccc(C(=O)NO)cc1[N+](=O)[O-]. The average molecular weight is 196 g/mol. The zero-order valence-corrected chi connectivity index (χ0v) is 7.35. The van der Waals surface area contributed by atoms with Crippen molar-refractivity contribution in [1.29, 1.82) is 0 Å². The molecule has 0 aliphatic carbocycles. The number of nitrogens with one attached hydrogen (secondary N) is 1. The molecule has 0 heterocycles. The van der Waals surface area contributed by atoms with Gasteiger partial charge >= 0.3 is 0 Å². The van der Waals surface area contributed by atoms with Gasteiger partial charge in [0.1, 0.15) is 0 Å². The molecule has 0 radical (unpaired) electrons. The zero-order valence-electron chi connectivity index (χ0n) is 7.35. The fourth-order valence-electron chi connectivity index (χ4n) is 1.01. The van der Waals surface area contributed by atoms with E-state index in [1.54, 1.807) is 6.92 Å². The van der Waals surface area contributed by atoms with Crippen LogP contribution in [0, 0.1) is 17.0 Å². The number of carbonyl (C=O) groups is 1. The standard InChI is InChI=1S/C8H8N2O4/c1-5-2-3-6(8(11)9-12)4-7(5)10(13)14/h2-4,12H,1H3,(H,9,11). The van der Waals surface area contributed by atoms with Crippen LogP contribution in [0.25, 0.3) is 0 Å². The Kier molecular flexibility index (Phi) is 2.78. The highest BCUT2D eigenvalue weighted by Gasteiger charge is 2.14. The van der Waals surface area contributed by atoms with Crippen LogP contribution in [0.15, 0.2) is 18.2 Å². The van der Waals surface area contributed by atoms with Crippen LogP contribution >= 0.6 is 0 Å². The van der Waals surface area contributed by atoms with E-state index in [1.165, 1.54) is 17.6 Å². The minimum absolute atomic E-state index is 0.0461. The second kappa shape index (κ2) is 3.84. The van der Waals surface area contributed by atoms with Crippen molar-refractivity contribution < 1.29 is 14.9 Å². The third-order valence-electron chi connectivity index (χ3n) is 1.77. The van der Waals surface area contributed by atoms with Crippen molar-refractivity contribution in [2.24, 2.45) is 0 Å². The molecule has 0 bridgehead atoms. The number of hydroxylamine groups is 1. The highest BCUT2D eigenvalue weighted by molar-refractivity contribution is 5.94. The van der Waals surface area contributed by atoms with Gasteiger partial charge in [-0.05, 0) is 13.0 Å². The number of benzene rings is 1. The quantitative estimate of drug-likeness (QED) is 0.419. The minimum atomic E-state index is -0.770. The molecule has 74 valence electrons. The molecule has 0 aliphatic rings. The smallest absolute Gasteiger partial charge is 0.274 e. The summed E-state index contributed by atoms with van der Waals surface area (Å²) in [5, 5.41) is 18.8. The molecule has 1 rings (SSSR count). The Balaban J connectivity index is 3.19. The molecule has 1 aromatic rings. The van der Waals surface area contributed by atoms with Crippen LogP contribution in [0.3, 0.4) is 0 Å². The molecular weight excluding hydrogens is 188 g/mol. The predicted octanol–water partition coefficient (Wildman–Crippen LogP) is 1.02. The van der Waals surface area contributed by atoms with Crippen molar-refractivity contribution in [3.05, 3.63) is 39.4 Å². The Bertz CT molecular complexity index is 389. The van der Waals surface area contributed by atoms with Gasteiger partial charge in [-0.25, -0.2) is 5.48 Å². The summed E-state index contributed by atoms with van der Waals surface area (Å²) in [5.74, 6) is -0.770. The summed E-state index contributed by atoms with van der Waals surface area (Å²) in [5.41, 5.74) is 1.77. The summed E-state index contributed by atoms with van der Waals surface area (Å²) >= 11 is 0. The van der Waals surface area contributed by atoms with Gasteiger partial charge in [0.2, 0.25) is 0 Å². The van der Waals surface area contributed by atoms with Crippen molar-refractivity contribution in [2.45, 2.75) is 6.92 Å². The molecule has 0 fully saturated rings. The summed E-state index contributed by atoms with van der Waals surface area (Å²) in [6.45, 7) is 1.57. The second-order valence-corrected chi connectivity index (χ2v) is 2.70. The molecular formula is C8H8N2O4. The first-order valence-electron chi connectivity index (χ1n) is 3.75. The lowest BCUT2D eigenvalue weighted by Crippen LogP contribution is -2.18. The Morgan fingerprint density at radius 1 is 1.57 bits per heavy atom. The molecule has 0 saturated heterocycles. The fourth-order valence-corrected chi connectivity index (χ4v) is 1.01. The third kappa shape index (κ3) is 1.86. The van der Waals surface area contributed by atoms with Crippen molar-refractivity contribution in [2.75, 3.05) is 0 Å². The van der Waals surface area contributed by atoms with Crippen molar-refractivity contribution in [1.82, 2.24) is 5.48 Å². The van der Waals surface area contributed by atoms with Gasteiger partial charge < -0.3 is 0 Å². The molecule has 0 aliphatic heterocycles. The Labute approximate surface area is 79.3 Å². The largest absolute Gasteiger partial charge is 0.288 e. The van der Waals surface area contributed by atoms with Gasteiger partial charge in [-0.1, -0.05) is 6.07 Å². The van der Waals surface area contributed by atoms with Gasteiger partial charge in [0.15, 0.2) is 0 Å². The Morgan fingerprint density at radius 2 is 2.21 bits per heavy atom. The topological polar surface area (TPSA) is 92.5 Å². The van der Waals surface area contributed by atoms with Crippen LogP contribution in [0.2, 0.25) is 0 Å². The summed E-state index contributed by atoms with van der Waals surface area (Å²) in [6, 6.07) is 3.96. The number of amides is 1. The monoisotopic (exact) mass is 196 g/mol. The van der Waals surface area contributed by atoms with Crippen LogP contribution in [-0.2, 0) is 0 Å². The molecule has 0 aromatic heterocycles. The zero-order chi connectivity index (χ0) is 10.7. The number of nitro benzene ring substituents is 1. The maximum absolute atomic E-state index is 10.9. The third-order valence-corrected chi connectivity index (χ3v) is 1.77. The van der Waals surface area contributed by atoms with E-state index in [0.29, 0.717) is 5.56 Å². The molecule has 0 saturated carbocycles. The normalized spacial score (nSPS) is 9.57. The number of hydrogen-bond donors (Lipinski definition) is 2. The number of nitrogens with zero attached hydrogens (tertiary/aromatic N) is 1. The molecule has 1 aromatic carbocycles. The average Bonchev–Trinajstić information content (AvgIpc) is 2.17. The van der Waals surface area contributed by atoms with Gasteiger partial charge in [-0.15, -0.1) is 0 Å². The highest BCUT2D eigenvalue weighted by Crippen LogP contribution is 2.18. The van der Waals surface area contributed by atoms with E-state index in [-0.39, 0.29) is 11.3 Å². The van der Waals surface area contributed by atoms with E-state index in [4.69, 9.17) is 5.21 Å². The van der Waals surface area contributed by atoms with E-state index in [1.807, 2.05) is 0 Å². The first-order valence-corrected chi connectivity index (χ1v) is 3.75. The molecule has 14 heavy (non-hydrogen) atoms. The van der Waals surface area contributed by atoms with Gasteiger partial charge in [-0.2, -0.15) is 0 Å². The molecule has 6 heteroatoms. The van der Waals surface area contributed by atoms with Crippen LogP contribution in [0.4, 0.5) is 5.69 Å². The van der Waals surface area contributed by atoms with E-state index in [2.05, 4.69) is 0 Å². The highest BCUT2D eigenvalue weighted by atomic mass is 16.6. The number of rotatable bonds is 2. The summed E-state index contributed by atoms with van der Waals surface area (Å²) in [4.78, 5) is 20.8.